The molecule has 0 aromatic rings. The maximum atomic E-state index is 12.0. The van der Waals surface area contributed by atoms with E-state index in [1.165, 1.54) is 13.2 Å². The largest absolute Gasteiger partial charge is 0.471 e. The number of ether oxygens (including phenoxy) is 5. The highest BCUT2D eigenvalue weighted by atomic mass is 16.8. The van der Waals surface area contributed by atoms with E-state index >= 15 is 0 Å². The fraction of sp³-hybridized carbons (Fsp3) is 0.667. The summed E-state index contributed by atoms with van der Waals surface area (Å²) in [5, 5.41) is 39.4. The highest BCUT2D eigenvalue weighted by Crippen LogP contribution is 2.49. The lowest BCUT2D eigenvalue weighted by Gasteiger charge is -2.42. The number of aliphatic hydroxyl groups is 4. The highest BCUT2D eigenvalue weighted by molar-refractivity contribution is 5.92. The molecule has 2 saturated heterocycles. The summed E-state index contributed by atoms with van der Waals surface area (Å²) in [5.41, 5.74) is 0.936. The quantitative estimate of drug-likeness (QED) is 0.283. The van der Waals surface area contributed by atoms with Gasteiger partial charge in [-0.15, -0.1) is 0 Å². The van der Waals surface area contributed by atoms with E-state index < -0.39 is 73.5 Å². The standard InChI is InChI=1S/C18H22O11/c1-6(20)25-4-7-2-9-12-8(16(24)27-9)5-26-17(11(7)12)29-18-15(23)14(22)13(21)10(3-19)28-18/h2,5,9-15,17-19,21-23H,3-4H2,1H3/t9-,10+,11-,12+,13-,14-,15-,17+,18-/m1/s1. The highest BCUT2D eigenvalue weighted by Gasteiger charge is 2.56. The Morgan fingerprint density at radius 3 is 2.59 bits per heavy atom. The van der Waals surface area contributed by atoms with Gasteiger partial charge < -0.3 is 44.1 Å². The van der Waals surface area contributed by atoms with Crippen molar-refractivity contribution in [1.82, 2.24) is 0 Å². The SMILES string of the molecule is CC(=O)OCC1=C[C@H]2OC(=O)C3=CO[C@@H](O[C@H]4O[C@@H](CO)[C@@H](O)[C@@H](O)[C@H]4O)[C@H]1[C@@H]32. The van der Waals surface area contributed by atoms with E-state index in [2.05, 4.69) is 0 Å². The Labute approximate surface area is 165 Å². The van der Waals surface area contributed by atoms with Crippen LogP contribution in [0.15, 0.2) is 23.5 Å². The Morgan fingerprint density at radius 1 is 1.14 bits per heavy atom. The number of aliphatic hydroxyl groups excluding tert-OH is 4. The average molecular weight is 414 g/mol. The lowest BCUT2D eigenvalue weighted by Crippen LogP contribution is -2.60. The fourth-order valence-corrected chi connectivity index (χ4v) is 4.12. The van der Waals surface area contributed by atoms with Crippen molar-refractivity contribution in [2.24, 2.45) is 11.8 Å². The minimum absolute atomic E-state index is 0.0598. The predicted molar refractivity (Wildman–Crippen MR) is 89.4 cm³/mol. The van der Waals surface area contributed by atoms with Crippen LogP contribution in [0.25, 0.3) is 0 Å². The number of esters is 2. The van der Waals surface area contributed by atoms with Gasteiger partial charge in [-0.1, -0.05) is 0 Å². The lowest BCUT2D eigenvalue weighted by atomic mass is 9.84. The molecule has 11 heteroatoms. The van der Waals surface area contributed by atoms with Crippen LogP contribution in [0, 0.1) is 11.8 Å². The maximum absolute atomic E-state index is 12.0. The number of carbonyl (C=O) groups excluding carboxylic acids is 2. The van der Waals surface area contributed by atoms with E-state index in [0.29, 0.717) is 11.1 Å². The third-order valence-electron chi connectivity index (χ3n) is 5.57. The zero-order valence-corrected chi connectivity index (χ0v) is 15.4. The normalized spacial score (nSPS) is 43.1. The van der Waals surface area contributed by atoms with Gasteiger partial charge in [-0.05, 0) is 11.6 Å². The molecule has 29 heavy (non-hydrogen) atoms. The minimum atomic E-state index is -1.61. The molecule has 9 atom stereocenters. The molecule has 3 heterocycles. The number of hydrogen-bond acceptors (Lipinski definition) is 11. The molecule has 0 amide bonds. The number of carbonyl (C=O) groups is 2. The first-order chi connectivity index (χ1) is 13.8. The van der Waals surface area contributed by atoms with Gasteiger partial charge in [0.1, 0.15) is 37.1 Å². The van der Waals surface area contributed by atoms with Crippen LogP contribution in [-0.4, -0.2) is 88.7 Å². The third kappa shape index (κ3) is 3.43. The van der Waals surface area contributed by atoms with Crippen molar-refractivity contribution in [3.8, 4) is 0 Å². The fourth-order valence-electron chi connectivity index (χ4n) is 4.12. The Kier molecular flexibility index (Phi) is 5.36. The van der Waals surface area contributed by atoms with Gasteiger partial charge >= 0.3 is 11.9 Å². The molecule has 0 aromatic carbocycles. The molecule has 4 aliphatic rings. The molecule has 4 rings (SSSR count). The van der Waals surface area contributed by atoms with Crippen molar-refractivity contribution in [1.29, 1.82) is 0 Å². The maximum Gasteiger partial charge on any atom is 0.338 e. The Morgan fingerprint density at radius 2 is 1.90 bits per heavy atom. The summed E-state index contributed by atoms with van der Waals surface area (Å²) < 4.78 is 27.0. The van der Waals surface area contributed by atoms with Gasteiger partial charge in [0.2, 0.25) is 6.29 Å². The van der Waals surface area contributed by atoms with Crippen LogP contribution in [0.3, 0.4) is 0 Å². The van der Waals surface area contributed by atoms with E-state index in [9.17, 15) is 30.0 Å². The van der Waals surface area contributed by atoms with Gasteiger partial charge in [-0.3, -0.25) is 4.79 Å². The third-order valence-corrected chi connectivity index (χ3v) is 5.57. The van der Waals surface area contributed by atoms with Gasteiger partial charge in [0.05, 0.1) is 24.4 Å². The predicted octanol–water partition coefficient (Wildman–Crippen LogP) is -2.30. The second-order valence-corrected chi connectivity index (χ2v) is 7.35. The first-order valence-corrected chi connectivity index (χ1v) is 9.18. The summed E-state index contributed by atoms with van der Waals surface area (Å²) >= 11 is 0. The van der Waals surface area contributed by atoms with E-state index in [0.717, 1.165) is 0 Å². The van der Waals surface area contributed by atoms with Crippen molar-refractivity contribution < 1.29 is 53.7 Å². The lowest BCUT2D eigenvalue weighted by molar-refractivity contribution is -0.339. The Bertz CT molecular complexity index is 744. The van der Waals surface area contributed by atoms with Crippen LogP contribution < -0.4 is 0 Å². The second-order valence-electron chi connectivity index (χ2n) is 7.35. The average Bonchev–Trinajstić information content (AvgIpc) is 3.20. The Hall–Kier alpha value is -2.02. The summed E-state index contributed by atoms with van der Waals surface area (Å²) in [6.45, 7) is 0.602. The number of hydrogen-bond donors (Lipinski definition) is 4. The van der Waals surface area contributed by atoms with Crippen molar-refractivity contribution in [2.75, 3.05) is 13.2 Å². The molecule has 160 valence electrons. The molecular weight excluding hydrogens is 392 g/mol. The van der Waals surface area contributed by atoms with Crippen LogP contribution in [0.2, 0.25) is 0 Å². The van der Waals surface area contributed by atoms with Gasteiger partial charge in [0.15, 0.2) is 6.29 Å². The zero-order chi connectivity index (χ0) is 20.9. The minimum Gasteiger partial charge on any atom is -0.471 e. The monoisotopic (exact) mass is 414 g/mol. The van der Waals surface area contributed by atoms with E-state index in [-0.39, 0.29) is 6.61 Å². The van der Waals surface area contributed by atoms with Crippen LogP contribution in [0.1, 0.15) is 6.92 Å². The molecule has 2 fully saturated rings. The molecule has 4 N–H and O–H groups in total. The summed E-state index contributed by atoms with van der Waals surface area (Å²) in [5.74, 6) is -1.99. The van der Waals surface area contributed by atoms with Gasteiger partial charge in [0.25, 0.3) is 0 Å². The molecule has 0 radical (unpaired) electrons. The van der Waals surface area contributed by atoms with Gasteiger partial charge in [-0.25, -0.2) is 4.79 Å². The second kappa shape index (κ2) is 7.67. The Balaban J connectivity index is 1.56. The molecular formula is C18H22O11. The molecule has 1 aliphatic carbocycles. The molecule has 11 nitrogen and oxygen atoms in total. The van der Waals surface area contributed by atoms with Crippen molar-refractivity contribution >= 4 is 11.9 Å². The molecule has 0 unspecified atom stereocenters. The van der Waals surface area contributed by atoms with E-state index in [1.54, 1.807) is 6.08 Å². The summed E-state index contributed by atoms with van der Waals surface area (Å²) in [6.07, 6.45) is -6.03. The topological polar surface area (TPSA) is 161 Å². The van der Waals surface area contributed by atoms with Gasteiger partial charge in [0, 0.05) is 12.8 Å². The van der Waals surface area contributed by atoms with E-state index in [1.807, 2.05) is 0 Å². The van der Waals surface area contributed by atoms with Crippen LogP contribution in [-0.2, 0) is 33.3 Å². The van der Waals surface area contributed by atoms with Crippen LogP contribution >= 0.6 is 0 Å². The van der Waals surface area contributed by atoms with Crippen molar-refractivity contribution in [3.63, 3.8) is 0 Å². The van der Waals surface area contributed by atoms with Crippen molar-refractivity contribution in [2.45, 2.75) is 50.0 Å². The summed E-state index contributed by atoms with van der Waals surface area (Å²) in [7, 11) is 0. The van der Waals surface area contributed by atoms with Gasteiger partial charge in [-0.2, -0.15) is 0 Å². The molecule has 0 saturated carbocycles. The number of rotatable bonds is 5. The summed E-state index contributed by atoms with van der Waals surface area (Å²) in [6, 6.07) is 0. The first kappa shape index (κ1) is 20.3. The molecule has 0 aromatic heterocycles. The molecule has 0 bridgehead atoms. The zero-order valence-electron chi connectivity index (χ0n) is 15.4. The summed E-state index contributed by atoms with van der Waals surface area (Å²) in [4.78, 5) is 23.2. The molecule has 0 spiro atoms. The van der Waals surface area contributed by atoms with Crippen LogP contribution in [0.4, 0.5) is 0 Å². The van der Waals surface area contributed by atoms with Crippen molar-refractivity contribution in [3.05, 3.63) is 23.5 Å². The smallest absolute Gasteiger partial charge is 0.338 e. The van der Waals surface area contributed by atoms with E-state index in [4.69, 9.17) is 23.7 Å². The molecule has 3 aliphatic heterocycles. The first-order valence-electron chi connectivity index (χ1n) is 9.18. The van der Waals surface area contributed by atoms with Crippen LogP contribution in [0.5, 0.6) is 0 Å².